The van der Waals surface area contributed by atoms with Crippen molar-refractivity contribution in [2.75, 3.05) is 31.1 Å². The van der Waals surface area contributed by atoms with Crippen molar-refractivity contribution in [3.63, 3.8) is 0 Å². The summed E-state index contributed by atoms with van der Waals surface area (Å²) in [7, 11) is 0. The van der Waals surface area contributed by atoms with Crippen LogP contribution in [0.3, 0.4) is 0 Å². The third-order valence-electron chi connectivity index (χ3n) is 4.79. The molecule has 140 valence electrons. The van der Waals surface area contributed by atoms with Gasteiger partial charge in [-0.05, 0) is 36.8 Å². The van der Waals surface area contributed by atoms with E-state index in [9.17, 15) is 0 Å². The van der Waals surface area contributed by atoms with Crippen LogP contribution in [0.2, 0.25) is 10.0 Å². The SMILES string of the molecule is Cc1ccc(Cl)cc1N1CCN(Cc2nc(-c3cccc(Cl)c3)no2)CC1. The highest BCUT2D eigenvalue weighted by atomic mass is 35.5. The van der Waals surface area contributed by atoms with Crippen LogP contribution in [0.15, 0.2) is 47.0 Å². The van der Waals surface area contributed by atoms with Crippen LogP contribution in [0, 0.1) is 6.92 Å². The summed E-state index contributed by atoms with van der Waals surface area (Å²) < 4.78 is 5.43. The molecule has 0 saturated carbocycles. The summed E-state index contributed by atoms with van der Waals surface area (Å²) >= 11 is 12.2. The predicted octanol–water partition coefficient (Wildman–Crippen LogP) is 4.67. The van der Waals surface area contributed by atoms with Crippen molar-refractivity contribution in [1.29, 1.82) is 0 Å². The van der Waals surface area contributed by atoms with Crippen molar-refractivity contribution in [2.45, 2.75) is 13.5 Å². The number of aromatic nitrogens is 2. The van der Waals surface area contributed by atoms with Crippen molar-refractivity contribution in [3.8, 4) is 11.4 Å². The van der Waals surface area contributed by atoms with Gasteiger partial charge in [-0.1, -0.05) is 46.6 Å². The standard InChI is InChI=1S/C20H20Cl2N4O/c1-14-5-6-17(22)12-18(14)26-9-7-25(8-10-26)13-19-23-20(24-27-19)15-3-2-4-16(21)11-15/h2-6,11-12H,7-10,13H2,1H3. The molecular formula is C20H20Cl2N4O. The van der Waals surface area contributed by atoms with E-state index in [1.165, 1.54) is 11.3 Å². The van der Waals surface area contributed by atoms with E-state index in [2.05, 4.69) is 32.9 Å². The average molecular weight is 403 g/mol. The summed E-state index contributed by atoms with van der Waals surface area (Å²) in [5, 5.41) is 5.51. The van der Waals surface area contributed by atoms with Crippen molar-refractivity contribution >= 4 is 28.9 Å². The minimum Gasteiger partial charge on any atom is -0.369 e. The third-order valence-corrected chi connectivity index (χ3v) is 5.26. The van der Waals surface area contributed by atoms with E-state index < -0.39 is 0 Å². The lowest BCUT2D eigenvalue weighted by Crippen LogP contribution is -2.46. The van der Waals surface area contributed by atoms with Crippen LogP contribution in [0.25, 0.3) is 11.4 Å². The molecule has 0 spiro atoms. The minimum absolute atomic E-state index is 0.570. The molecule has 2 aromatic carbocycles. The van der Waals surface area contributed by atoms with Crippen molar-refractivity contribution in [2.24, 2.45) is 0 Å². The maximum atomic E-state index is 6.16. The number of benzene rings is 2. The molecule has 0 amide bonds. The van der Waals surface area contributed by atoms with Gasteiger partial charge in [-0.15, -0.1) is 0 Å². The second kappa shape index (κ2) is 7.89. The Labute approximate surface area is 168 Å². The lowest BCUT2D eigenvalue weighted by Gasteiger charge is -2.36. The Hall–Kier alpha value is -2.08. The Morgan fingerprint density at radius 2 is 1.78 bits per heavy atom. The summed E-state index contributed by atoms with van der Waals surface area (Å²) in [6, 6.07) is 13.5. The Morgan fingerprint density at radius 1 is 1.00 bits per heavy atom. The molecule has 0 atom stereocenters. The van der Waals surface area contributed by atoms with Crippen LogP contribution in [-0.4, -0.2) is 41.2 Å². The molecule has 4 rings (SSSR count). The van der Waals surface area contributed by atoms with Crippen molar-refractivity contribution in [3.05, 3.63) is 64.0 Å². The quantitative estimate of drug-likeness (QED) is 0.633. The molecule has 0 N–H and O–H groups in total. The highest BCUT2D eigenvalue weighted by Gasteiger charge is 2.21. The molecule has 27 heavy (non-hydrogen) atoms. The second-order valence-corrected chi connectivity index (χ2v) is 7.59. The van der Waals surface area contributed by atoms with E-state index in [-0.39, 0.29) is 0 Å². The summed E-state index contributed by atoms with van der Waals surface area (Å²) in [5.74, 6) is 1.19. The highest BCUT2D eigenvalue weighted by molar-refractivity contribution is 6.31. The molecular weight excluding hydrogens is 383 g/mol. The summed E-state index contributed by atoms with van der Waals surface area (Å²) in [4.78, 5) is 9.21. The van der Waals surface area contributed by atoms with Gasteiger partial charge in [-0.25, -0.2) is 0 Å². The molecule has 1 fully saturated rings. The zero-order valence-corrected chi connectivity index (χ0v) is 16.5. The fourth-order valence-electron chi connectivity index (χ4n) is 3.33. The Morgan fingerprint density at radius 3 is 2.56 bits per heavy atom. The van der Waals surface area contributed by atoms with E-state index in [0.29, 0.717) is 23.3 Å². The summed E-state index contributed by atoms with van der Waals surface area (Å²) in [5.41, 5.74) is 3.32. The van der Waals surface area contributed by atoms with Gasteiger partial charge in [-0.2, -0.15) is 4.98 Å². The van der Waals surface area contributed by atoms with Crippen molar-refractivity contribution in [1.82, 2.24) is 15.0 Å². The average Bonchev–Trinajstić information content (AvgIpc) is 3.13. The van der Waals surface area contributed by atoms with Crippen LogP contribution in [0.1, 0.15) is 11.5 Å². The molecule has 5 nitrogen and oxygen atoms in total. The van der Waals surface area contributed by atoms with E-state index in [0.717, 1.165) is 36.8 Å². The predicted molar refractivity (Wildman–Crippen MR) is 108 cm³/mol. The largest absolute Gasteiger partial charge is 0.369 e. The van der Waals surface area contributed by atoms with Gasteiger partial charge in [0.2, 0.25) is 11.7 Å². The van der Waals surface area contributed by atoms with E-state index in [1.807, 2.05) is 36.4 Å². The lowest BCUT2D eigenvalue weighted by atomic mass is 10.1. The monoisotopic (exact) mass is 402 g/mol. The lowest BCUT2D eigenvalue weighted by molar-refractivity contribution is 0.215. The Kier molecular flexibility index (Phi) is 5.34. The molecule has 1 aliphatic rings. The van der Waals surface area contributed by atoms with E-state index >= 15 is 0 Å². The first-order valence-corrected chi connectivity index (χ1v) is 9.66. The number of halogens is 2. The van der Waals surface area contributed by atoms with Crippen LogP contribution < -0.4 is 4.90 Å². The van der Waals surface area contributed by atoms with Crippen molar-refractivity contribution < 1.29 is 4.52 Å². The molecule has 1 saturated heterocycles. The molecule has 0 radical (unpaired) electrons. The van der Waals surface area contributed by atoms with Gasteiger partial charge in [0.05, 0.1) is 6.54 Å². The molecule has 3 aromatic rings. The Balaban J connectivity index is 1.38. The fourth-order valence-corrected chi connectivity index (χ4v) is 3.68. The number of anilines is 1. The smallest absolute Gasteiger partial charge is 0.241 e. The number of aryl methyl sites for hydroxylation is 1. The molecule has 2 heterocycles. The fraction of sp³-hybridized carbons (Fsp3) is 0.300. The van der Waals surface area contributed by atoms with Crippen LogP contribution in [0.4, 0.5) is 5.69 Å². The second-order valence-electron chi connectivity index (χ2n) is 6.72. The van der Waals surface area contributed by atoms with Gasteiger partial charge in [0.1, 0.15) is 0 Å². The first-order chi connectivity index (χ1) is 13.1. The maximum Gasteiger partial charge on any atom is 0.241 e. The summed E-state index contributed by atoms with van der Waals surface area (Å²) in [6.45, 7) is 6.51. The van der Waals surface area contributed by atoms with Gasteiger partial charge in [0.25, 0.3) is 0 Å². The molecule has 7 heteroatoms. The number of rotatable bonds is 4. The normalized spacial score (nSPS) is 15.3. The van der Waals surface area contributed by atoms with Gasteiger partial charge >= 0.3 is 0 Å². The van der Waals surface area contributed by atoms with Gasteiger partial charge in [0, 0.05) is 47.5 Å². The van der Waals surface area contributed by atoms with Crippen LogP contribution >= 0.6 is 23.2 Å². The first-order valence-electron chi connectivity index (χ1n) is 8.90. The minimum atomic E-state index is 0.570. The molecule has 1 aliphatic heterocycles. The van der Waals surface area contributed by atoms with E-state index in [4.69, 9.17) is 27.7 Å². The topological polar surface area (TPSA) is 45.4 Å². The zero-order chi connectivity index (χ0) is 18.8. The van der Waals surface area contributed by atoms with Crippen LogP contribution in [0.5, 0.6) is 0 Å². The number of hydrogen-bond donors (Lipinski definition) is 0. The molecule has 1 aromatic heterocycles. The van der Waals surface area contributed by atoms with E-state index in [1.54, 1.807) is 0 Å². The summed E-state index contributed by atoms with van der Waals surface area (Å²) in [6.07, 6.45) is 0. The van der Waals surface area contributed by atoms with Gasteiger partial charge in [-0.3, -0.25) is 4.90 Å². The molecule has 0 unspecified atom stereocenters. The zero-order valence-electron chi connectivity index (χ0n) is 15.0. The molecule has 0 aliphatic carbocycles. The highest BCUT2D eigenvalue weighted by Crippen LogP contribution is 2.26. The third kappa shape index (κ3) is 4.26. The Bertz CT molecular complexity index is 935. The van der Waals surface area contributed by atoms with Gasteiger partial charge in [0.15, 0.2) is 0 Å². The van der Waals surface area contributed by atoms with Gasteiger partial charge < -0.3 is 9.42 Å². The molecule has 0 bridgehead atoms. The first kappa shape index (κ1) is 18.3. The number of piperazine rings is 1. The maximum absolute atomic E-state index is 6.16. The number of nitrogens with zero attached hydrogens (tertiary/aromatic N) is 4. The number of hydrogen-bond acceptors (Lipinski definition) is 5. The van der Waals surface area contributed by atoms with Crippen LogP contribution in [-0.2, 0) is 6.54 Å².